The summed E-state index contributed by atoms with van der Waals surface area (Å²) in [6.07, 6.45) is 2.08. The average Bonchev–Trinajstić information content (AvgIpc) is 3.27. The molecule has 1 N–H and O–H groups in total. The zero-order valence-corrected chi connectivity index (χ0v) is 11.6. The maximum Gasteiger partial charge on any atom is 0.136 e. The van der Waals surface area contributed by atoms with Crippen LogP contribution in [0.5, 0.6) is 5.75 Å². The first-order valence-electron chi connectivity index (χ1n) is 7.12. The van der Waals surface area contributed by atoms with Gasteiger partial charge in [-0.1, -0.05) is 30.3 Å². The molecule has 1 atom stereocenters. The fraction of sp³-hybridized carbons (Fsp3) is 0.294. The Morgan fingerprint density at radius 3 is 2.33 bits per heavy atom. The smallest absolute Gasteiger partial charge is 0.136 e. The highest BCUT2D eigenvalue weighted by Crippen LogP contribution is 2.25. The fourth-order valence-corrected chi connectivity index (χ4v) is 2.22. The summed E-state index contributed by atoms with van der Waals surface area (Å²) in [5, 5.41) is 3.39. The van der Waals surface area contributed by atoms with Gasteiger partial charge in [-0.05, 0) is 18.4 Å². The van der Waals surface area contributed by atoms with Crippen molar-refractivity contribution in [3.63, 3.8) is 0 Å². The lowest BCUT2D eigenvalue weighted by atomic mass is 10.1. The van der Waals surface area contributed by atoms with Crippen LogP contribution in [0.2, 0.25) is 0 Å². The minimum atomic E-state index is -0.632. The monoisotopic (exact) mass is 289 g/mol. The molecular formula is C17H17F2NO. The first kappa shape index (κ1) is 14.0. The zero-order chi connectivity index (χ0) is 14.7. The molecule has 1 fully saturated rings. The number of nitrogens with one attached hydrogen (secondary N) is 1. The van der Waals surface area contributed by atoms with Gasteiger partial charge < -0.3 is 10.1 Å². The van der Waals surface area contributed by atoms with Gasteiger partial charge >= 0.3 is 0 Å². The van der Waals surface area contributed by atoms with Crippen LogP contribution in [-0.2, 0) is 0 Å². The highest BCUT2D eigenvalue weighted by molar-refractivity contribution is 5.26. The molecule has 2 aromatic rings. The Morgan fingerprint density at radius 2 is 1.71 bits per heavy atom. The first-order chi connectivity index (χ1) is 10.2. The fourth-order valence-electron chi connectivity index (χ4n) is 2.22. The summed E-state index contributed by atoms with van der Waals surface area (Å²) in [6, 6.07) is 13.5. The maximum absolute atomic E-state index is 13.3. The lowest BCUT2D eigenvalue weighted by molar-refractivity contribution is 0.199. The molecule has 3 rings (SSSR count). The average molecular weight is 289 g/mol. The quantitative estimate of drug-likeness (QED) is 0.872. The van der Waals surface area contributed by atoms with Crippen LogP contribution in [0, 0.1) is 11.6 Å². The van der Waals surface area contributed by atoms with Crippen LogP contribution in [0.25, 0.3) is 0 Å². The molecule has 0 aromatic heterocycles. The molecule has 1 unspecified atom stereocenters. The second kappa shape index (κ2) is 6.22. The van der Waals surface area contributed by atoms with Gasteiger partial charge in [0.1, 0.15) is 23.5 Å². The third-order valence-electron chi connectivity index (χ3n) is 3.46. The molecule has 0 amide bonds. The number of benzene rings is 2. The van der Waals surface area contributed by atoms with Crippen LogP contribution >= 0.6 is 0 Å². The van der Waals surface area contributed by atoms with Gasteiger partial charge in [-0.15, -0.1) is 0 Å². The molecular weight excluding hydrogens is 272 g/mol. The van der Waals surface area contributed by atoms with E-state index in [0.29, 0.717) is 12.6 Å². The number of hydrogen-bond acceptors (Lipinski definition) is 2. The van der Waals surface area contributed by atoms with Gasteiger partial charge in [-0.25, -0.2) is 8.78 Å². The third kappa shape index (κ3) is 4.02. The molecule has 0 spiro atoms. The Labute approximate surface area is 122 Å². The predicted molar refractivity (Wildman–Crippen MR) is 77.2 cm³/mol. The van der Waals surface area contributed by atoms with Gasteiger partial charge in [-0.3, -0.25) is 0 Å². The highest BCUT2D eigenvalue weighted by Gasteiger charge is 2.23. The highest BCUT2D eigenvalue weighted by atomic mass is 19.1. The summed E-state index contributed by atoms with van der Waals surface area (Å²) >= 11 is 0. The summed E-state index contributed by atoms with van der Waals surface area (Å²) in [7, 11) is 0. The van der Waals surface area contributed by atoms with E-state index >= 15 is 0 Å². The number of hydrogen-bond donors (Lipinski definition) is 1. The zero-order valence-electron chi connectivity index (χ0n) is 11.6. The van der Waals surface area contributed by atoms with E-state index in [0.717, 1.165) is 11.6 Å². The van der Waals surface area contributed by atoms with Crippen LogP contribution in [-0.4, -0.2) is 12.6 Å². The van der Waals surface area contributed by atoms with Crippen molar-refractivity contribution in [3.8, 4) is 5.75 Å². The van der Waals surface area contributed by atoms with E-state index in [4.69, 9.17) is 4.74 Å². The third-order valence-corrected chi connectivity index (χ3v) is 3.46. The van der Waals surface area contributed by atoms with Crippen LogP contribution in [0.3, 0.4) is 0 Å². The summed E-state index contributed by atoms with van der Waals surface area (Å²) in [5.74, 6) is -1.06. The Balaban J connectivity index is 1.77. The molecule has 4 heteroatoms. The van der Waals surface area contributed by atoms with Crippen LogP contribution in [0.4, 0.5) is 8.78 Å². The Hall–Kier alpha value is -1.94. The van der Waals surface area contributed by atoms with Crippen molar-refractivity contribution < 1.29 is 13.5 Å². The molecule has 1 aliphatic rings. The Morgan fingerprint density at radius 1 is 1.05 bits per heavy atom. The molecule has 0 heterocycles. The van der Waals surface area contributed by atoms with Crippen LogP contribution in [0.15, 0.2) is 48.5 Å². The van der Waals surface area contributed by atoms with Crippen molar-refractivity contribution in [2.24, 2.45) is 0 Å². The van der Waals surface area contributed by atoms with E-state index in [1.54, 1.807) is 0 Å². The first-order valence-corrected chi connectivity index (χ1v) is 7.12. The van der Waals surface area contributed by atoms with E-state index in [1.165, 1.54) is 25.0 Å². The second-order valence-corrected chi connectivity index (χ2v) is 5.30. The predicted octanol–water partition coefficient (Wildman–Crippen LogP) is 3.84. The number of halogens is 2. The summed E-state index contributed by atoms with van der Waals surface area (Å²) in [4.78, 5) is 0. The molecule has 21 heavy (non-hydrogen) atoms. The van der Waals surface area contributed by atoms with Gasteiger partial charge in [-0.2, -0.15) is 0 Å². The van der Waals surface area contributed by atoms with E-state index in [9.17, 15) is 8.78 Å². The normalized spacial score (nSPS) is 15.7. The van der Waals surface area contributed by atoms with Gasteiger partial charge in [0.25, 0.3) is 0 Å². The van der Waals surface area contributed by atoms with Gasteiger partial charge in [0, 0.05) is 30.8 Å². The Kier molecular flexibility index (Phi) is 4.15. The largest absolute Gasteiger partial charge is 0.484 e. The summed E-state index contributed by atoms with van der Waals surface area (Å²) in [5.41, 5.74) is 0.982. The maximum atomic E-state index is 13.3. The molecule has 0 radical (unpaired) electrons. The summed E-state index contributed by atoms with van der Waals surface area (Å²) in [6.45, 7) is 0.618. The molecule has 2 nitrogen and oxygen atoms in total. The molecule has 0 aliphatic heterocycles. The van der Waals surface area contributed by atoms with Crippen molar-refractivity contribution in [2.75, 3.05) is 6.54 Å². The van der Waals surface area contributed by atoms with Crippen molar-refractivity contribution in [3.05, 3.63) is 65.7 Å². The minimum absolute atomic E-state index is 0.207. The minimum Gasteiger partial charge on any atom is -0.484 e. The van der Waals surface area contributed by atoms with Crippen LogP contribution in [0.1, 0.15) is 24.5 Å². The molecule has 110 valence electrons. The lowest BCUT2D eigenvalue weighted by Crippen LogP contribution is -2.26. The van der Waals surface area contributed by atoms with Gasteiger partial charge in [0.15, 0.2) is 0 Å². The summed E-state index contributed by atoms with van der Waals surface area (Å²) < 4.78 is 32.3. The Bertz CT molecular complexity index is 579. The number of ether oxygens (including phenoxy) is 1. The molecule has 0 saturated heterocycles. The van der Waals surface area contributed by atoms with Crippen molar-refractivity contribution in [1.29, 1.82) is 0 Å². The number of rotatable bonds is 6. The topological polar surface area (TPSA) is 21.3 Å². The van der Waals surface area contributed by atoms with E-state index < -0.39 is 11.6 Å². The van der Waals surface area contributed by atoms with Crippen molar-refractivity contribution in [1.82, 2.24) is 5.32 Å². The lowest BCUT2D eigenvalue weighted by Gasteiger charge is -2.20. The van der Waals surface area contributed by atoms with Crippen LogP contribution < -0.4 is 10.1 Å². The standard InChI is InChI=1S/C17H17F2NO/c18-13-8-14(19)10-16(9-13)21-17(11-20-15-6-7-15)12-4-2-1-3-5-12/h1-5,8-10,15,17,20H,6-7,11H2. The van der Waals surface area contributed by atoms with Gasteiger partial charge in [0.05, 0.1) is 0 Å². The second-order valence-electron chi connectivity index (χ2n) is 5.30. The molecule has 1 saturated carbocycles. The van der Waals surface area contributed by atoms with Gasteiger partial charge in [0.2, 0.25) is 0 Å². The SMILES string of the molecule is Fc1cc(F)cc(OC(CNC2CC2)c2ccccc2)c1. The molecule has 0 bridgehead atoms. The van der Waals surface area contributed by atoms with Crippen molar-refractivity contribution in [2.45, 2.75) is 25.0 Å². The van der Waals surface area contributed by atoms with E-state index in [2.05, 4.69) is 5.32 Å². The van der Waals surface area contributed by atoms with Crippen molar-refractivity contribution >= 4 is 0 Å². The van der Waals surface area contributed by atoms with E-state index in [1.807, 2.05) is 30.3 Å². The molecule has 1 aliphatic carbocycles. The molecule has 2 aromatic carbocycles. The van der Waals surface area contributed by atoms with E-state index in [-0.39, 0.29) is 11.9 Å².